The fourth-order valence-corrected chi connectivity index (χ4v) is 3.01. The van der Waals surface area contributed by atoms with Crippen molar-refractivity contribution in [2.24, 2.45) is 5.73 Å². The number of aryl methyl sites for hydroxylation is 1. The molecule has 1 aromatic carbocycles. The van der Waals surface area contributed by atoms with E-state index >= 15 is 0 Å². The van der Waals surface area contributed by atoms with Crippen molar-refractivity contribution < 1.29 is 4.79 Å². The van der Waals surface area contributed by atoms with Crippen molar-refractivity contribution in [2.45, 2.75) is 38.9 Å². The lowest BCUT2D eigenvalue weighted by Crippen LogP contribution is -2.42. The SMILES string of the molecule is CCn1c(C(C)NC(=O)[C@@H](N)CCSC)nc2ccccc21. The number of nitrogens with zero attached hydrogens (tertiary/aromatic N) is 2. The number of nitrogens with one attached hydrogen (secondary N) is 1. The van der Waals surface area contributed by atoms with Gasteiger partial charge < -0.3 is 15.6 Å². The van der Waals surface area contributed by atoms with Crippen molar-refractivity contribution in [3.05, 3.63) is 30.1 Å². The van der Waals surface area contributed by atoms with E-state index in [1.54, 1.807) is 11.8 Å². The predicted octanol–water partition coefficient (Wildman–Crippen LogP) is 2.31. The van der Waals surface area contributed by atoms with E-state index in [0.29, 0.717) is 6.42 Å². The molecule has 1 heterocycles. The van der Waals surface area contributed by atoms with Crippen molar-refractivity contribution in [1.29, 1.82) is 0 Å². The Morgan fingerprint density at radius 2 is 2.18 bits per heavy atom. The summed E-state index contributed by atoms with van der Waals surface area (Å²) in [5.74, 6) is 1.64. The highest BCUT2D eigenvalue weighted by atomic mass is 32.2. The highest BCUT2D eigenvalue weighted by Crippen LogP contribution is 2.20. The van der Waals surface area contributed by atoms with Gasteiger partial charge in [0.1, 0.15) is 5.82 Å². The molecule has 3 N–H and O–H groups in total. The van der Waals surface area contributed by atoms with Crippen molar-refractivity contribution in [3.63, 3.8) is 0 Å². The van der Waals surface area contributed by atoms with Gasteiger partial charge in [-0.15, -0.1) is 0 Å². The molecule has 0 aliphatic rings. The predicted molar refractivity (Wildman–Crippen MR) is 92.9 cm³/mol. The van der Waals surface area contributed by atoms with Gasteiger partial charge in [0.2, 0.25) is 5.91 Å². The number of hydrogen-bond acceptors (Lipinski definition) is 4. The number of imidazole rings is 1. The first-order valence-electron chi connectivity index (χ1n) is 7.58. The van der Waals surface area contributed by atoms with Crippen LogP contribution in [0.2, 0.25) is 0 Å². The molecular weight excluding hydrogens is 296 g/mol. The highest BCUT2D eigenvalue weighted by Gasteiger charge is 2.20. The third-order valence-electron chi connectivity index (χ3n) is 3.72. The minimum Gasteiger partial charge on any atom is -0.345 e. The van der Waals surface area contributed by atoms with E-state index in [1.165, 1.54) is 0 Å². The first kappa shape index (κ1) is 16.8. The quantitative estimate of drug-likeness (QED) is 0.821. The number of para-hydroxylation sites is 2. The molecule has 0 aliphatic carbocycles. The summed E-state index contributed by atoms with van der Waals surface area (Å²) < 4.78 is 2.13. The summed E-state index contributed by atoms with van der Waals surface area (Å²) in [6.45, 7) is 4.84. The van der Waals surface area contributed by atoms with Crippen LogP contribution in [0.25, 0.3) is 11.0 Å². The van der Waals surface area contributed by atoms with E-state index in [2.05, 4.69) is 21.8 Å². The summed E-state index contributed by atoms with van der Waals surface area (Å²) in [5, 5.41) is 2.98. The van der Waals surface area contributed by atoms with Gasteiger partial charge in [-0.25, -0.2) is 4.98 Å². The van der Waals surface area contributed by atoms with Crippen LogP contribution in [0.5, 0.6) is 0 Å². The zero-order valence-corrected chi connectivity index (χ0v) is 14.2. The molecule has 2 atom stereocenters. The molecule has 2 rings (SSSR count). The number of fused-ring (bicyclic) bond motifs is 1. The Kier molecular flexibility index (Phi) is 5.85. The van der Waals surface area contributed by atoms with Crippen LogP contribution in [0.15, 0.2) is 24.3 Å². The molecule has 1 unspecified atom stereocenters. The van der Waals surface area contributed by atoms with Crippen LogP contribution in [0, 0.1) is 0 Å². The number of carbonyl (C=O) groups excluding carboxylic acids is 1. The van der Waals surface area contributed by atoms with Gasteiger partial charge in [-0.3, -0.25) is 4.79 Å². The Balaban J connectivity index is 2.15. The van der Waals surface area contributed by atoms with Crippen LogP contribution in [-0.4, -0.2) is 33.5 Å². The molecular formula is C16H24N4OS. The summed E-state index contributed by atoms with van der Waals surface area (Å²) in [6.07, 6.45) is 2.70. The van der Waals surface area contributed by atoms with Crippen LogP contribution < -0.4 is 11.1 Å². The van der Waals surface area contributed by atoms with Crippen molar-refractivity contribution in [1.82, 2.24) is 14.9 Å². The third-order valence-corrected chi connectivity index (χ3v) is 4.36. The van der Waals surface area contributed by atoms with Gasteiger partial charge in [-0.2, -0.15) is 11.8 Å². The van der Waals surface area contributed by atoms with Crippen LogP contribution >= 0.6 is 11.8 Å². The number of hydrogen-bond donors (Lipinski definition) is 2. The van der Waals surface area contributed by atoms with Crippen LogP contribution in [0.1, 0.15) is 32.1 Å². The molecule has 0 saturated heterocycles. The first-order valence-corrected chi connectivity index (χ1v) is 8.97. The van der Waals surface area contributed by atoms with Gasteiger partial charge >= 0.3 is 0 Å². The van der Waals surface area contributed by atoms with E-state index in [9.17, 15) is 4.79 Å². The number of aromatic nitrogens is 2. The molecule has 0 fully saturated rings. The van der Waals surface area contributed by atoms with Gasteiger partial charge in [-0.05, 0) is 44.4 Å². The molecule has 22 heavy (non-hydrogen) atoms. The topological polar surface area (TPSA) is 72.9 Å². The van der Waals surface area contributed by atoms with E-state index in [1.807, 2.05) is 37.4 Å². The zero-order chi connectivity index (χ0) is 16.1. The van der Waals surface area contributed by atoms with Crippen LogP contribution in [0.4, 0.5) is 0 Å². The Morgan fingerprint density at radius 1 is 1.45 bits per heavy atom. The smallest absolute Gasteiger partial charge is 0.237 e. The molecule has 6 heteroatoms. The molecule has 5 nitrogen and oxygen atoms in total. The van der Waals surface area contributed by atoms with E-state index < -0.39 is 6.04 Å². The van der Waals surface area contributed by atoms with E-state index in [0.717, 1.165) is 29.2 Å². The van der Waals surface area contributed by atoms with Gasteiger partial charge in [0.25, 0.3) is 0 Å². The van der Waals surface area contributed by atoms with E-state index in [4.69, 9.17) is 5.73 Å². The summed E-state index contributed by atoms with van der Waals surface area (Å²) in [5.41, 5.74) is 7.96. The number of benzene rings is 1. The van der Waals surface area contributed by atoms with Crippen molar-refractivity contribution in [3.8, 4) is 0 Å². The Morgan fingerprint density at radius 3 is 2.86 bits per heavy atom. The Bertz CT molecular complexity index is 640. The average molecular weight is 320 g/mol. The summed E-state index contributed by atoms with van der Waals surface area (Å²) >= 11 is 1.70. The number of nitrogens with two attached hydrogens (primary N) is 1. The maximum atomic E-state index is 12.2. The van der Waals surface area contributed by atoms with E-state index in [-0.39, 0.29) is 11.9 Å². The van der Waals surface area contributed by atoms with Crippen LogP contribution in [0.3, 0.4) is 0 Å². The zero-order valence-electron chi connectivity index (χ0n) is 13.4. The van der Waals surface area contributed by atoms with Gasteiger partial charge in [-0.1, -0.05) is 12.1 Å². The maximum absolute atomic E-state index is 12.2. The molecule has 1 aromatic heterocycles. The number of thioether (sulfide) groups is 1. The lowest BCUT2D eigenvalue weighted by Gasteiger charge is -2.18. The fraction of sp³-hybridized carbons (Fsp3) is 0.500. The number of rotatable bonds is 7. The monoisotopic (exact) mass is 320 g/mol. The van der Waals surface area contributed by atoms with Crippen molar-refractivity contribution >= 4 is 28.7 Å². The second kappa shape index (κ2) is 7.65. The molecule has 0 radical (unpaired) electrons. The summed E-state index contributed by atoms with van der Waals surface area (Å²) in [6, 6.07) is 7.38. The largest absolute Gasteiger partial charge is 0.345 e. The number of amides is 1. The molecule has 0 aliphatic heterocycles. The number of carbonyl (C=O) groups is 1. The second-order valence-corrected chi connectivity index (χ2v) is 6.31. The highest BCUT2D eigenvalue weighted by molar-refractivity contribution is 7.98. The molecule has 0 saturated carbocycles. The molecule has 1 amide bonds. The van der Waals surface area contributed by atoms with Gasteiger partial charge in [0.15, 0.2) is 0 Å². The van der Waals surface area contributed by atoms with Gasteiger partial charge in [0.05, 0.1) is 23.1 Å². The minimum atomic E-state index is -0.464. The maximum Gasteiger partial charge on any atom is 0.237 e. The molecule has 0 spiro atoms. The van der Waals surface area contributed by atoms with Crippen LogP contribution in [-0.2, 0) is 11.3 Å². The lowest BCUT2D eigenvalue weighted by molar-refractivity contribution is -0.123. The molecule has 2 aromatic rings. The first-order chi connectivity index (χ1) is 10.6. The molecule has 0 bridgehead atoms. The average Bonchev–Trinajstić information content (AvgIpc) is 2.91. The minimum absolute atomic E-state index is 0.115. The third kappa shape index (κ3) is 3.62. The lowest BCUT2D eigenvalue weighted by atomic mass is 10.2. The Labute approximate surface area is 135 Å². The molecule has 120 valence electrons. The fourth-order valence-electron chi connectivity index (χ4n) is 2.52. The standard InChI is InChI=1S/C16H24N4OS/c1-4-20-14-8-6-5-7-13(14)19-15(20)11(2)18-16(21)12(17)9-10-22-3/h5-8,11-12H,4,9-10,17H2,1-3H3,(H,18,21)/t11?,12-/m0/s1. The van der Waals surface area contributed by atoms with Crippen molar-refractivity contribution in [2.75, 3.05) is 12.0 Å². The summed E-state index contributed by atoms with van der Waals surface area (Å²) in [7, 11) is 0. The van der Waals surface area contributed by atoms with Gasteiger partial charge in [0, 0.05) is 6.54 Å². The Hall–Kier alpha value is -1.53. The normalized spacial score (nSPS) is 14.0. The summed E-state index contributed by atoms with van der Waals surface area (Å²) in [4.78, 5) is 16.8. The second-order valence-electron chi connectivity index (χ2n) is 5.32.